The average Bonchev–Trinajstić information content (AvgIpc) is 2.08. The van der Waals surface area contributed by atoms with Gasteiger partial charge in [0.15, 0.2) is 0 Å². The first-order valence-electron chi connectivity index (χ1n) is 3.51. The van der Waals surface area contributed by atoms with Crippen molar-refractivity contribution in [2.45, 2.75) is 12.5 Å². The maximum Gasteiger partial charge on any atom is 0.500 e. The van der Waals surface area contributed by atoms with E-state index in [-0.39, 0.29) is 29.6 Å². The van der Waals surface area contributed by atoms with Gasteiger partial charge in [0.25, 0.3) is 0 Å². The van der Waals surface area contributed by atoms with Gasteiger partial charge in [-0.1, -0.05) is 0 Å². The summed E-state index contributed by atoms with van der Waals surface area (Å²) < 4.78 is 15.6. The second kappa shape index (κ2) is 9.02. The van der Waals surface area contributed by atoms with Crippen LogP contribution in [0.5, 0.6) is 0 Å². The van der Waals surface area contributed by atoms with Crippen molar-refractivity contribution in [3.05, 3.63) is 0 Å². The van der Waals surface area contributed by atoms with E-state index < -0.39 is 8.80 Å². The Morgan fingerprint density at radius 3 is 1.75 bits per heavy atom. The van der Waals surface area contributed by atoms with Gasteiger partial charge in [0, 0.05) is 56.9 Å². The molecule has 0 aromatic heterocycles. The summed E-state index contributed by atoms with van der Waals surface area (Å²) >= 11 is 4.10. The predicted molar refractivity (Wildman–Crippen MR) is 55.8 cm³/mol. The molecule has 0 heterocycles. The molecule has 0 aliphatic heterocycles. The molecule has 0 spiro atoms. The molecule has 0 N–H and O–H groups in total. The summed E-state index contributed by atoms with van der Waals surface area (Å²) in [6.07, 6.45) is 0.963. The molecule has 0 saturated heterocycles. The summed E-state index contributed by atoms with van der Waals surface area (Å²) in [5, 5.41) is 0. The van der Waals surface area contributed by atoms with Gasteiger partial charge in [-0.3, -0.25) is 0 Å². The molecule has 6 heteroatoms. The molecule has 1 radical (unpaired) electrons. The fourth-order valence-electron chi connectivity index (χ4n) is 0.852. The van der Waals surface area contributed by atoms with Crippen LogP contribution in [0.4, 0.5) is 0 Å². The van der Waals surface area contributed by atoms with E-state index in [0.29, 0.717) is 0 Å². The summed E-state index contributed by atoms with van der Waals surface area (Å²) in [6.45, 7) is 0. The van der Waals surface area contributed by atoms with Gasteiger partial charge in [-0.05, 0) is 12.2 Å². The standard InChI is InChI=1S/C6H16O3SSi.Na/c1-7-11(8-2,9-3)6-4-5-10;/h10H,4-6H2,1-3H3;. The minimum Gasteiger partial charge on any atom is -0.377 e. The van der Waals surface area contributed by atoms with Crippen LogP contribution in [0.15, 0.2) is 0 Å². The van der Waals surface area contributed by atoms with Crippen molar-refractivity contribution in [1.82, 2.24) is 0 Å². The zero-order chi connectivity index (χ0) is 8.74. The molecule has 0 aromatic rings. The van der Waals surface area contributed by atoms with Crippen LogP contribution < -0.4 is 0 Å². The second-order valence-electron chi connectivity index (χ2n) is 2.12. The van der Waals surface area contributed by atoms with Crippen molar-refractivity contribution in [1.29, 1.82) is 0 Å². The number of thiol groups is 1. The third-order valence-corrected chi connectivity index (χ3v) is 4.72. The molecule has 0 fully saturated rings. The van der Waals surface area contributed by atoms with E-state index >= 15 is 0 Å². The summed E-state index contributed by atoms with van der Waals surface area (Å²) in [5.74, 6) is 0.838. The van der Waals surface area contributed by atoms with Gasteiger partial charge in [-0.15, -0.1) is 0 Å². The van der Waals surface area contributed by atoms with Crippen LogP contribution in [0.2, 0.25) is 6.04 Å². The average molecular weight is 219 g/mol. The van der Waals surface area contributed by atoms with Crippen molar-refractivity contribution in [2.24, 2.45) is 0 Å². The minimum atomic E-state index is -2.29. The molecule has 0 saturated carbocycles. The second-order valence-corrected chi connectivity index (χ2v) is 5.66. The van der Waals surface area contributed by atoms with Crippen molar-refractivity contribution < 1.29 is 13.3 Å². The largest absolute Gasteiger partial charge is 0.500 e. The molecule has 0 bridgehead atoms. The zero-order valence-corrected chi connectivity index (χ0v) is 12.2. The molecule has 3 nitrogen and oxygen atoms in total. The Balaban J connectivity index is 0. The normalized spacial score (nSPS) is 11.0. The van der Waals surface area contributed by atoms with Gasteiger partial charge in [-0.25, -0.2) is 0 Å². The van der Waals surface area contributed by atoms with Crippen molar-refractivity contribution in [3.63, 3.8) is 0 Å². The third kappa shape index (κ3) is 5.24. The molecule has 69 valence electrons. The molecule has 0 aromatic carbocycles. The summed E-state index contributed by atoms with van der Waals surface area (Å²) in [6, 6.07) is 0.833. The number of rotatable bonds is 6. The Morgan fingerprint density at radius 2 is 1.50 bits per heavy atom. The van der Waals surface area contributed by atoms with Crippen LogP contribution >= 0.6 is 12.6 Å². The third-order valence-electron chi connectivity index (χ3n) is 1.57. The maximum atomic E-state index is 5.20. The molecular weight excluding hydrogens is 203 g/mol. The van der Waals surface area contributed by atoms with E-state index in [0.717, 1.165) is 18.2 Å². The van der Waals surface area contributed by atoms with Gasteiger partial charge < -0.3 is 13.3 Å². The molecular formula is C6H16NaO3SSi. The SMILES string of the molecule is CO[Si](CCCS)(OC)OC.[Na]. The molecule has 12 heavy (non-hydrogen) atoms. The fourth-order valence-corrected chi connectivity index (χ4v) is 3.03. The van der Waals surface area contributed by atoms with Gasteiger partial charge >= 0.3 is 8.80 Å². The van der Waals surface area contributed by atoms with Crippen LogP contribution in [-0.2, 0) is 13.3 Å². The van der Waals surface area contributed by atoms with Crippen molar-refractivity contribution >= 4 is 51.0 Å². The molecule has 0 unspecified atom stereocenters. The van der Waals surface area contributed by atoms with E-state index in [9.17, 15) is 0 Å². The minimum absolute atomic E-state index is 0. The first-order valence-corrected chi connectivity index (χ1v) is 6.07. The predicted octanol–water partition coefficient (Wildman–Crippen LogP) is 0.804. The van der Waals surface area contributed by atoms with Gasteiger partial charge in [0.1, 0.15) is 0 Å². The quantitative estimate of drug-likeness (QED) is 0.529. The fraction of sp³-hybridized carbons (Fsp3) is 1.00. The Hall–Kier alpha value is 1.45. The van der Waals surface area contributed by atoms with Gasteiger partial charge in [0.05, 0.1) is 0 Å². The van der Waals surface area contributed by atoms with Crippen LogP contribution in [0, 0.1) is 0 Å². The van der Waals surface area contributed by atoms with E-state index in [1.165, 1.54) is 0 Å². The van der Waals surface area contributed by atoms with Crippen LogP contribution in [-0.4, -0.2) is 65.4 Å². The smallest absolute Gasteiger partial charge is 0.377 e. The van der Waals surface area contributed by atoms with Crippen molar-refractivity contribution in [3.8, 4) is 0 Å². The molecule has 0 aliphatic carbocycles. The Labute approximate surface area is 103 Å². The molecule has 0 rings (SSSR count). The number of hydrogen-bond donors (Lipinski definition) is 1. The monoisotopic (exact) mass is 219 g/mol. The van der Waals surface area contributed by atoms with Crippen LogP contribution in [0.3, 0.4) is 0 Å². The molecule has 0 atom stereocenters. The Kier molecular flexibility index (Phi) is 12.0. The molecule has 0 amide bonds. The van der Waals surface area contributed by atoms with Gasteiger partial charge in [-0.2, -0.15) is 12.6 Å². The zero-order valence-electron chi connectivity index (χ0n) is 8.29. The Bertz CT molecular complexity index is 94.5. The van der Waals surface area contributed by atoms with E-state index in [4.69, 9.17) is 13.3 Å². The van der Waals surface area contributed by atoms with Gasteiger partial charge in [0.2, 0.25) is 0 Å². The van der Waals surface area contributed by atoms with E-state index in [2.05, 4.69) is 12.6 Å². The molecule has 0 aliphatic rings. The van der Waals surface area contributed by atoms with E-state index in [1.54, 1.807) is 21.3 Å². The summed E-state index contributed by atoms with van der Waals surface area (Å²) in [4.78, 5) is 0. The first kappa shape index (κ1) is 15.9. The summed E-state index contributed by atoms with van der Waals surface area (Å²) in [5.41, 5.74) is 0. The summed E-state index contributed by atoms with van der Waals surface area (Å²) in [7, 11) is 2.58. The number of hydrogen-bond acceptors (Lipinski definition) is 4. The first-order chi connectivity index (χ1) is 5.24. The Morgan fingerprint density at radius 1 is 1.08 bits per heavy atom. The van der Waals surface area contributed by atoms with Crippen LogP contribution in [0.25, 0.3) is 0 Å². The van der Waals surface area contributed by atoms with Crippen molar-refractivity contribution in [2.75, 3.05) is 27.1 Å². The maximum absolute atomic E-state index is 5.20. The van der Waals surface area contributed by atoms with E-state index in [1.807, 2.05) is 0 Å². The topological polar surface area (TPSA) is 27.7 Å². The van der Waals surface area contributed by atoms with Crippen LogP contribution in [0.1, 0.15) is 6.42 Å².